The summed E-state index contributed by atoms with van der Waals surface area (Å²) in [4.78, 5) is 3.10. The van der Waals surface area contributed by atoms with E-state index in [0.717, 1.165) is 18.5 Å². The van der Waals surface area contributed by atoms with Crippen LogP contribution in [0, 0.1) is 5.82 Å². The van der Waals surface area contributed by atoms with Gasteiger partial charge in [-0.05, 0) is 6.07 Å². The monoisotopic (exact) mass is 328 g/mol. The van der Waals surface area contributed by atoms with Crippen molar-refractivity contribution in [2.45, 2.75) is 12.3 Å². The summed E-state index contributed by atoms with van der Waals surface area (Å²) < 4.78 is 60.4. The van der Waals surface area contributed by atoms with E-state index in [0.29, 0.717) is 0 Å². The molecule has 0 saturated heterocycles. The van der Waals surface area contributed by atoms with Crippen LogP contribution in [0.2, 0.25) is 0 Å². The van der Waals surface area contributed by atoms with Gasteiger partial charge in [0.1, 0.15) is 12.1 Å². The van der Waals surface area contributed by atoms with Crippen LogP contribution >= 0.6 is 0 Å². The molecule has 0 aliphatic carbocycles. The molecule has 3 aromatic rings. The fourth-order valence-corrected chi connectivity index (χ4v) is 1.90. The molecule has 0 bridgehead atoms. The Balaban J connectivity index is 2.02. The summed E-state index contributed by atoms with van der Waals surface area (Å²) in [6.07, 6.45) is -4.32. The summed E-state index contributed by atoms with van der Waals surface area (Å²) in [5.74, 6) is -3.24. The maximum atomic E-state index is 14.5. The lowest BCUT2D eigenvalue weighted by Gasteiger charge is -2.09. The standard InChI is InChI=1S/C13H6F4N3O3/c14-9-7(10(21)6-4-18-22-5-6)2-1-3-8(9)11-19-12(23-20-11)13(15,16)17/h1-5,10H. The molecule has 0 saturated carbocycles. The normalized spacial score (nSPS) is 13.3. The fourth-order valence-electron chi connectivity index (χ4n) is 1.90. The first-order chi connectivity index (χ1) is 10.9. The maximum Gasteiger partial charge on any atom is 0.471 e. The number of hydrogen-bond donors (Lipinski definition) is 0. The Hall–Kier alpha value is -2.75. The predicted molar refractivity (Wildman–Crippen MR) is 63.7 cm³/mol. The van der Waals surface area contributed by atoms with Crippen molar-refractivity contribution in [3.8, 4) is 11.4 Å². The van der Waals surface area contributed by atoms with Gasteiger partial charge in [0.15, 0.2) is 6.10 Å². The summed E-state index contributed by atoms with van der Waals surface area (Å²) >= 11 is 0. The molecule has 1 radical (unpaired) electrons. The van der Waals surface area contributed by atoms with E-state index in [4.69, 9.17) is 0 Å². The van der Waals surface area contributed by atoms with Crippen molar-refractivity contribution in [2.24, 2.45) is 0 Å². The van der Waals surface area contributed by atoms with Crippen LogP contribution in [0.1, 0.15) is 23.1 Å². The Bertz CT molecular complexity index is 814. The molecule has 6 nitrogen and oxygen atoms in total. The van der Waals surface area contributed by atoms with Crippen LogP contribution in [-0.4, -0.2) is 15.3 Å². The highest BCUT2D eigenvalue weighted by atomic mass is 19.4. The van der Waals surface area contributed by atoms with Crippen LogP contribution < -0.4 is 0 Å². The molecule has 10 heteroatoms. The molecule has 0 fully saturated rings. The lowest BCUT2D eigenvalue weighted by atomic mass is 10.0. The van der Waals surface area contributed by atoms with Crippen LogP contribution in [-0.2, 0) is 11.3 Å². The smallest absolute Gasteiger partial charge is 0.364 e. The number of nitrogens with zero attached hydrogens (tertiary/aromatic N) is 3. The van der Waals surface area contributed by atoms with Crippen molar-refractivity contribution in [3.63, 3.8) is 0 Å². The van der Waals surface area contributed by atoms with E-state index < -0.39 is 29.8 Å². The molecular weight excluding hydrogens is 322 g/mol. The number of rotatable bonds is 3. The highest BCUT2D eigenvalue weighted by Crippen LogP contribution is 2.32. The molecule has 3 rings (SSSR count). The average molecular weight is 328 g/mol. The van der Waals surface area contributed by atoms with Crippen LogP contribution in [0.15, 0.2) is 39.7 Å². The molecule has 1 atom stereocenters. The largest absolute Gasteiger partial charge is 0.471 e. The molecule has 1 aromatic carbocycles. The van der Waals surface area contributed by atoms with Gasteiger partial charge in [-0.3, -0.25) is 0 Å². The van der Waals surface area contributed by atoms with Crippen molar-refractivity contribution in [1.82, 2.24) is 15.3 Å². The topological polar surface area (TPSA) is 84.9 Å². The molecule has 119 valence electrons. The Labute approximate surface area is 125 Å². The maximum absolute atomic E-state index is 14.5. The Kier molecular flexibility index (Phi) is 3.60. The van der Waals surface area contributed by atoms with E-state index in [1.165, 1.54) is 12.1 Å². The van der Waals surface area contributed by atoms with E-state index >= 15 is 0 Å². The van der Waals surface area contributed by atoms with Crippen molar-refractivity contribution in [2.75, 3.05) is 0 Å². The molecule has 0 N–H and O–H groups in total. The van der Waals surface area contributed by atoms with Crippen LogP contribution in [0.25, 0.3) is 11.4 Å². The number of benzene rings is 1. The lowest BCUT2D eigenvalue weighted by molar-refractivity contribution is -0.159. The van der Waals surface area contributed by atoms with E-state index in [-0.39, 0.29) is 16.7 Å². The summed E-state index contributed by atoms with van der Waals surface area (Å²) in [5, 5.41) is 18.6. The molecule has 0 spiro atoms. The van der Waals surface area contributed by atoms with E-state index in [9.17, 15) is 22.7 Å². The van der Waals surface area contributed by atoms with Crippen molar-refractivity contribution in [1.29, 1.82) is 0 Å². The van der Waals surface area contributed by atoms with Crippen molar-refractivity contribution >= 4 is 0 Å². The van der Waals surface area contributed by atoms with Gasteiger partial charge in [0.05, 0.1) is 11.8 Å². The number of hydrogen-bond acceptors (Lipinski definition) is 5. The third-order valence-corrected chi connectivity index (χ3v) is 2.97. The summed E-state index contributed by atoms with van der Waals surface area (Å²) in [6.45, 7) is 0. The highest BCUT2D eigenvalue weighted by Gasteiger charge is 2.39. The summed E-state index contributed by atoms with van der Waals surface area (Å²) in [6, 6.07) is 3.65. The van der Waals surface area contributed by atoms with E-state index in [1.54, 1.807) is 0 Å². The Morgan fingerprint density at radius 2 is 2.00 bits per heavy atom. The zero-order chi connectivity index (χ0) is 16.6. The number of halogens is 4. The van der Waals surface area contributed by atoms with Gasteiger partial charge in [0.2, 0.25) is 5.82 Å². The minimum absolute atomic E-state index is 0.0742. The highest BCUT2D eigenvalue weighted by molar-refractivity contribution is 5.57. The first-order valence-corrected chi connectivity index (χ1v) is 6.12. The van der Waals surface area contributed by atoms with Gasteiger partial charge in [0, 0.05) is 11.1 Å². The minimum Gasteiger partial charge on any atom is -0.364 e. The SMILES string of the molecule is [O]C(c1cnoc1)c1cccc(-c2noc(C(F)(F)F)n2)c1F. The zero-order valence-corrected chi connectivity index (χ0v) is 11.0. The second-order valence-corrected chi connectivity index (χ2v) is 4.47. The summed E-state index contributed by atoms with van der Waals surface area (Å²) in [5.41, 5.74) is -0.603. The van der Waals surface area contributed by atoms with Gasteiger partial charge < -0.3 is 9.05 Å². The van der Waals surface area contributed by atoms with Gasteiger partial charge in [0.25, 0.3) is 0 Å². The van der Waals surface area contributed by atoms with Crippen LogP contribution in [0.5, 0.6) is 0 Å². The van der Waals surface area contributed by atoms with Crippen LogP contribution in [0.4, 0.5) is 17.6 Å². The van der Waals surface area contributed by atoms with Crippen LogP contribution in [0.3, 0.4) is 0 Å². The molecule has 1 unspecified atom stereocenters. The van der Waals surface area contributed by atoms with Crippen molar-refractivity contribution in [3.05, 3.63) is 53.5 Å². The third kappa shape index (κ3) is 2.80. The fraction of sp³-hybridized carbons (Fsp3) is 0.154. The Morgan fingerprint density at radius 1 is 1.22 bits per heavy atom. The van der Waals surface area contributed by atoms with Crippen molar-refractivity contribution < 1.29 is 31.7 Å². The molecule has 0 aliphatic heterocycles. The predicted octanol–water partition coefficient (Wildman–Crippen LogP) is 3.40. The molecular formula is C13H6F4N3O3. The lowest BCUT2D eigenvalue weighted by Crippen LogP contribution is -2.05. The first kappa shape index (κ1) is 15.2. The summed E-state index contributed by atoms with van der Waals surface area (Å²) in [7, 11) is 0. The van der Waals surface area contributed by atoms with Gasteiger partial charge in [-0.2, -0.15) is 18.2 Å². The Morgan fingerprint density at radius 3 is 2.61 bits per heavy atom. The molecule has 2 aromatic heterocycles. The first-order valence-electron chi connectivity index (χ1n) is 6.12. The number of alkyl halides is 3. The average Bonchev–Trinajstić information content (AvgIpc) is 3.18. The molecule has 23 heavy (non-hydrogen) atoms. The second kappa shape index (κ2) is 5.47. The molecule has 0 aliphatic rings. The molecule has 2 heterocycles. The van der Waals surface area contributed by atoms with Gasteiger partial charge in [-0.25, -0.2) is 9.50 Å². The second-order valence-electron chi connectivity index (χ2n) is 4.47. The van der Waals surface area contributed by atoms with E-state index in [1.807, 2.05) is 0 Å². The van der Waals surface area contributed by atoms with E-state index in [2.05, 4.69) is 24.3 Å². The van der Waals surface area contributed by atoms with Gasteiger partial charge in [-0.15, -0.1) is 0 Å². The quantitative estimate of drug-likeness (QED) is 0.688. The van der Waals surface area contributed by atoms with Gasteiger partial charge in [-0.1, -0.05) is 22.4 Å². The number of aromatic nitrogens is 3. The zero-order valence-electron chi connectivity index (χ0n) is 11.0. The third-order valence-electron chi connectivity index (χ3n) is 2.97. The molecule has 0 amide bonds. The van der Waals surface area contributed by atoms with Gasteiger partial charge >= 0.3 is 12.1 Å². The minimum atomic E-state index is -4.84.